The molecule has 1 saturated carbocycles. The van der Waals surface area contributed by atoms with Crippen LogP contribution in [0.1, 0.15) is 72.1 Å². The summed E-state index contributed by atoms with van der Waals surface area (Å²) in [4.78, 5) is 12.5. The number of carbonyl (C=O) groups excluding carboxylic acids is 1. The number of Topliss-reactive ketones (excluding diaryl/α,β-unsaturated/α-hetero) is 1. The Balaban J connectivity index is 1.62. The standard InChI is InChI=1S/C21H37N3O3S/c1-21(2,3)28(26,27)16-17-9-11-18(12-10-17)19(25)8-6-5-7-14-24-15-13-20(22-4)23-24/h13,15,17-18H,5-12,14,16H2,1-4H3,(H,22,23). The third-order valence-corrected chi connectivity index (χ3v) is 8.67. The maximum absolute atomic E-state index is 12.5. The molecule has 0 amide bonds. The smallest absolute Gasteiger partial charge is 0.155 e. The normalized spacial score (nSPS) is 20.9. The second-order valence-corrected chi connectivity index (χ2v) is 11.9. The van der Waals surface area contributed by atoms with Gasteiger partial charge in [0, 0.05) is 38.2 Å². The van der Waals surface area contributed by atoms with Gasteiger partial charge in [0.15, 0.2) is 9.84 Å². The number of aromatic nitrogens is 2. The van der Waals surface area contributed by atoms with E-state index >= 15 is 0 Å². The number of sulfone groups is 1. The Labute approximate surface area is 170 Å². The van der Waals surface area contributed by atoms with Crippen molar-refractivity contribution in [1.29, 1.82) is 0 Å². The minimum absolute atomic E-state index is 0.137. The van der Waals surface area contributed by atoms with E-state index < -0.39 is 14.6 Å². The summed E-state index contributed by atoms with van der Waals surface area (Å²) < 4.78 is 26.0. The number of hydrogen-bond acceptors (Lipinski definition) is 5. The monoisotopic (exact) mass is 411 g/mol. The molecule has 0 spiro atoms. The first kappa shape index (κ1) is 22.9. The molecule has 0 saturated heterocycles. The summed E-state index contributed by atoms with van der Waals surface area (Å²) in [6.07, 6.45) is 9.02. The van der Waals surface area contributed by atoms with Crippen molar-refractivity contribution < 1.29 is 13.2 Å². The molecule has 0 radical (unpaired) electrons. The van der Waals surface area contributed by atoms with E-state index in [0.717, 1.165) is 57.3 Å². The zero-order valence-corrected chi connectivity index (χ0v) is 18.7. The SMILES string of the molecule is CNc1ccn(CCCCCC(=O)C2CCC(CS(=O)(=O)C(C)(C)C)CC2)n1. The highest BCUT2D eigenvalue weighted by Crippen LogP contribution is 2.33. The molecule has 0 bridgehead atoms. The minimum Gasteiger partial charge on any atom is -0.372 e. The van der Waals surface area contributed by atoms with Crippen molar-refractivity contribution in [2.75, 3.05) is 18.1 Å². The minimum atomic E-state index is -3.07. The molecule has 0 aromatic carbocycles. The molecule has 0 atom stereocenters. The van der Waals surface area contributed by atoms with Crippen molar-refractivity contribution in [1.82, 2.24) is 9.78 Å². The molecular formula is C21H37N3O3S. The van der Waals surface area contributed by atoms with E-state index in [1.165, 1.54) is 0 Å². The fourth-order valence-electron chi connectivity index (χ4n) is 3.78. The van der Waals surface area contributed by atoms with Crippen molar-refractivity contribution >= 4 is 21.4 Å². The van der Waals surface area contributed by atoms with Crippen molar-refractivity contribution in [3.8, 4) is 0 Å². The van der Waals surface area contributed by atoms with E-state index in [0.29, 0.717) is 12.2 Å². The summed E-state index contributed by atoms with van der Waals surface area (Å²) in [6, 6.07) is 1.95. The maximum atomic E-state index is 12.5. The van der Waals surface area contributed by atoms with Gasteiger partial charge in [0.1, 0.15) is 11.6 Å². The van der Waals surface area contributed by atoms with Crippen LogP contribution in [0.2, 0.25) is 0 Å². The van der Waals surface area contributed by atoms with Gasteiger partial charge in [-0.15, -0.1) is 0 Å². The first-order valence-electron chi connectivity index (χ1n) is 10.6. The van der Waals surface area contributed by atoms with Crippen LogP contribution in [0.5, 0.6) is 0 Å². The fourth-order valence-corrected chi connectivity index (χ4v) is 5.24. The predicted molar refractivity (Wildman–Crippen MR) is 114 cm³/mol. The Morgan fingerprint density at radius 1 is 1.18 bits per heavy atom. The Morgan fingerprint density at radius 3 is 2.43 bits per heavy atom. The fraction of sp³-hybridized carbons (Fsp3) is 0.810. The average Bonchev–Trinajstić information content (AvgIpc) is 3.08. The summed E-state index contributed by atoms with van der Waals surface area (Å²) in [5, 5.41) is 7.39. The quantitative estimate of drug-likeness (QED) is 0.587. The molecule has 2 rings (SSSR count). The third kappa shape index (κ3) is 6.61. The second kappa shape index (κ2) is 9.90. The van der Waals surface area contributed by atoms with Crippen LogP contribution in [-0.4, -0.2) is 41.5 Å². The largest absolute Gasteiger partial charge is 0.372 e. The number of ketones is 1. The topological polar surface area (TPSA) is 81.1 Å². The average molecular weight is 412 g/mol. The number of unbranched alkanes of at least 4 members (excludes halogenated alkanes) is 2. The van der Waals surface area contributed by atoms with Gasteiger partial charge in [0.2, 0.25) is 0 Å². The molecule has 1 aliphatic carbocycles. The number of hydrogen-bond donors (Lipinski definition) is 1. The van der Waals surface area contributed by atoms with E-state index in [4.69, 9.17) is 0 Å². The second-order valence-electron chi connectivity index (χ2n) is 9.10. The molecule has 1 aromatic heterocycles. The van der Waals surface area contributed by atoms with Gasteiger partial charge in [-0.2, -0.15) is 5.10 Å². The van der Waals surface area contributed by atoms with Crippen LogP contribution in [0.15, 0.2) is 12.3 Å². The van der Waals surface area contributed by atoms with E-state index in [1.54, 1.807) is 20.8 Å². The van der Waals surface area contributed by atoms with E-state index in [-0.39, 0.29) is 17.6 Å². The molecule has 6 nitrogen and oxygen atoms in total. The van der Waals surface area contributed by atoms with Crippen molar-refractivity contribution in [3.05, 3.63) is 12.3 Å². The number of nitrogens with one attached hydrogen (secondary N) is 1. The van der Waals surface area contributed by atoms with Crippen molar-refractivity contribution in [2.24, 2.45) is 11.8 Å². The highest BCUT2D eigenvalue weighted by atomic mass is 32.2. The molecule has 160 valence electrons. The lowest BCUT2D eigenvalue weighted by Gasteiger charge is -2.30. The third-order valence-electron chi connectivity index (χ3n) is 5.90. The van der Waals surface area contributed by atoms with Gasteiger partial charge in [-0.25, -0.2) is 8.42 Å². The molecule has 1 aromatic rings. The van der Waals surface area contributed by atoms with Crippen LogP contribution in [0.3, 0.4) is 0 Å². The van der Waals surface area contributed by atoms with Gasteiger partial charge >= 0.3 is 0 Å². The molecular weight excluding hydrogens is 374 g/mol. The molecule has 7 heteroatoms. The van der Waals surface area contributed by atoms with Gasteiger partial charge in [-0.1, -0.05) is 6.42 Å². The van der Waals surface area contributed by atoms with Crippen molar-refractivity contribution in [2.45, 2.75) is 83.4 Å². The number of carbonyl (C=O) groups is 1. The highest BCUT2D eigenvalue weighted by Gasteiger charge is 2.34. The summed E-state index contributed by atoms with van der Waals surface area (Å²) >= 11 is 0. The van der Waals surface area contributed by atoms with Crippen LogP contribution in [0.25, 0.3) is 0 Å². The molecule has 1 aliphatic rings. The summed E-state index contributed by atoms with van der Waals surface area (Å²) in [5.74, 6) is 1.86. The summed E-state index contributed by atoms with van der Waals surface area (Å²) in [7, 11) is -1.22. The molecule has 28 heavy (non-hydrogen) atoms. The molecule has 0 aliphatic heterocycles. The van der Waals surface area contributed by atoms with Crippen LogP contribution < -0.4 is 5.32 Å². The van der Waals surface area contributed by atoms with Gasteiger partial charge in [0.05, 0.1) is 10.5 Å². The van der Waals surface area contributed by atoms with Gasteiger partial charge < -0.3 is 5.32 Å². The van der Waals surface area contributed by atoms with E-state index in [1.807, 2.05) is 24.0 Å². The van der Waals surface area contributed by atoms with Gasteiger partial charge in [-0.3, -0.25) is 9.48 Å². The summed E-state index contributed by atoms with van der Waals surface area (Å²) in [6.45, 7) is 6.18. The molecule has 1 fully saturated rings. The first-order valence-corrected chi connectivity index (χ1v) is 12.2. The van der Waals surface area contributed by atoms with E-state index in [9.17, 15) is 13.2 Å². The van der Waals surface area contributed by atoms with Gasteiger partial charge in [0.25, 0.3) is 0 Å². The Kier molecular flexibility index (Phi) is 8.10. The van der Waals surface area contributed by atoms with Crippen LogP contribution >= 0.6 is 0 Å². The van der Waals surface area contributed by atoms with E-state index in [2.05, 4.69) is 10.4 Å². The summed E-state index contributed by atoms with van der Waals surface area (Å²) in [5.41, 5.74) is 0. The number of anilines is 1. The first-order chi connectivity index (χ1) is 13.1. The van der Waals surface area contributed by atoms with Crippen molar-refractivity contribution in [3.63, 3.8) is 0 Å². The predicted octanol–water partition coefficient (Wildman–Crippen LogP) is 4.07. The number of nitrogens with zero attached hydrogens (tertiary/aromatic N) is 2. The molecule has 1 heterocycles. The number of aryl methyl sites for hydroxylation is 1. The van der Waals surface area contributed by atoms with Crippen LogP contribution in [0.4, 0.5) is 5.82 Å². The number of rotatable bonds is 10. The lowest BCUT2D eigenvalue weighted by atomic mass is 9.80. The highest BCUT2D eigenvalue weighted by molar-refractivity contribution is 7.92. The molecule has 0 unspecified atom stereocenters. The zero-order chi connectivity index (χ0) is 20.8. The lowest BCUT2D eigenvalue weighted by Crippen LogP contribution is -2.35. The Hall–Kier alpha value is -1.37. The van der Waals surface area contributed by atoms with Crippen LogP contribution in [-0.2, 0) is 21.2 Å². The Morgan fingerprint density at radius 2 is 1.86 bits per heavy atom. The Bertz CT molecular complexity index is 726. The molecule has 1 N–H and O–H groups in total. The van der Waals surface area contributed by atoms with Gasteiger partial charge in [-0.05, 0) is 65.2 Å². The maximum Gasteiger partial charge on any atom is 0.155 e. The lowest BCUT2D eigenvalue weighted by molar-refractivity contribution is -0.124. The van der Waals surface area contributed by atoms with Crippen LogP contribution in [0, 0.1) is 11.8 Å². The zero-order valence-electron chi connectivity index (χ0n) is 17.9.